The van der Waals surface area contributed by atoms with Crippen LogP contribution >= 0.6 is 15.6 Å². The zero-order valence-electron chi connectivity index (χ0n) is 18.9. The smallest absolute Gasteiger partial charge is 0.394 e. The van der Waals surface area contributed by atoms with Crippen LogP contribution in [0.1, 0.15) is 6.92 Å². The van der Waals surface area contributed by atoms with Crippen molar-refractivity contribution in [1.29, 1.82) is 0 Å². The van der Waals surface area contributed by atoms with Crippen LogP contribution in [0.15, 0.2) is 0 Å². The summed E-state index contributed by atoms with van der Waals surface area (Å²) < 4.78 is 59.7. The van der Waals surface area contributed by atoms with Crippen LogP contribution in [0.3, 0.4) is 0 Å². The van der Waals surface area contributed by atoms with Crippen molar-refractivity contribution >= 4 is 31.3 Å². The van der Waals surface area contributed by atoms with Gasteiger partial charge in [0.1, 0.15) is 64.5 Å². The molecule has 0 spiro atoms. The van der Waals surface area contributed by atoms with Gasteiger partial charge in [-0.2, -0.15) is 0 Å². The zero-order valence-corrected chi connectivity index (χ0v) is 20.7. The Labute approximate surface area is 208 Å². The Bertz CT molecular complexity index is 840. The van der Waals surface area contributed by atoms with Gasteiger partial charge >= 0.3 is 15.6 Å². The first-order valence-corrected chi connectivity index (χ1v) is 13.8. The van der Waals surface area contributed by atoms with E-state index in [0.717, 1.165) is 0 Å². The van der Waals surface area contributed by atoms with Crippen molar-refractivity contribution < 1.29 is 76.8 Å². The van der Waals surface area contributed by atoms with E-state index in [0.29, 0.717) is 0 Å². The molecule has 20 heteroatoms. The van der Waals surface area contributed by atoms with Crippen molar-refractivity contribution in [1.82, 2.24) is 0 Å². The van der Waals surface area contributed by atoms with E-state index in [1.54, 1.807) is 0 Å². The average Bonchev–Trinajstić information content (AvgIpc) is 3.33. The maximum atomic E-state index is 12.4. The van der Waals surface area contributed by atoms with Crippen LogP contribution < -0.4 is 0 Å². The molecule has 3 aliphatic rings. The molecule has 204 valence electrons. The Hall–Kier alpha value is 0.0299. The fourth-order valence-electron chi connectivity index (χ4n) is 3.85. The second-order valence-corrected chi connectivity index (χ2v) is 11.3. The van der Waals surface area contributed by atoms with E-state index in [4.69, 9.17) is 48.0 Å². The van der Waals surface area contributed by atoms with Gasteiger partial charge in [0.2, 0.25) is 0 Å². The molecule has 0 amide bonds. The Balaban J connectivity index is 1.57. The van der Waals surface area contributed by atoms with Gasteiger partial charge in [0.25, 0.3) is 0 Å². The highest BCUT2D eigenvalue weighted by Crippen LogP contribution is 2.50. The molecule has 0 aromatic carbocycles. The first-order valence-electron chi connectivity index (χ1n) is 10.8. The Morgan fingerprint density at radius 2 is 1.19 bits per heavy atom. The molecule has 0 bridgehead atoms. The van der Waals surface area contributed by atoms with Crippen molar-refractivity contribution in [2.24, 2.45) is 0 Å². The number of phosphoric acid groups is 2. The van der Waals surface area contributed by atoms with Gasteiger partial charge in [0, 0.05) is 12.0 Å². The van der Waals surface area contributed by atoms with E-state index < -0.39 is 109 Å². The van der Waals surface area contributed by atoms with Crippen LogP contribution in [0, 0.1) is 0 Å². The predicted molar refractivity (Wildman–Crippen MR) is 116 cm³/mol. The number of hydrogen-bond donors (Lipinski definition) is 7. The summed E-state index contributed by atoms with van der Waals surface area (Å²) in [6.45, 7) is -0.783. The third-order valence-corrected chi connectivity index (χ3v) is 7.81. The van der Waals surface area contributed by atoms with E-state index >= 15 is 0 Å². The maximum Gasteiger partial charge on any atom is 0.472 e. The van der Waals surface area contributed by atoms with Crippen LogP contribution in [0.2, 0.25) is 0 Å². The third kappa shape index (κ3) is 7.16. The molecule has 36 heavy (non-hydrogen) atoms. The fraction of sp³-hybridized carbons (Fsp3) is 1.00. The lowest BCUT2D eigenvalue weighted by atomic mass is 9.93. The highest BCUT2D eigenvalue weighted by Gasteiger charge is 2.49. The van der Waals surface area contributed by atoms with Crippen molar-refractivity contribution in [3.05, 3.63) is 0 Å². The van der Waals surface area contributed by atoms with Crippen LogP contribution in [-0.4, -0.2) is 144 Å². The summed E-state index contributed by atoms with van der Waals surface area (Å²) >= 11 is 0. The first-order chi connectivity index (χ1) is 16.7. The zero-order chi connectivity index (χ0) is 27.0. The van der Waals surface area contributed by atoms with E-state index in [2.05, 4.69) is 0 Å². The lowest BCUT2D eigenvalue weighted by Crippen LogP contribution is -2.38. The summed E-state index contributed by atoms with van der Waals surface area (Å²) in [6.07, 6.45) is -13.9. The molecule has 0 aromatic rings. The molecule has 3 heterocycles. The van der Waals surface area contributed by atoms with Crippen molar-refractivity contribution in [3.8, 4) is 0 Å². The molecule has 3 aliphatic heterocycles. The van der Waals surface area contributed by atoms with Crippen LogP contribution in [-0.2, 0) is 41.4 Å². The summed E-state index contributed by atoms with van der Waals surface area (Å²) in [5.74, 6) is 0. The minimum atomic E-state index is -4.94. The van der Waals surface area contributed by atoms with Gasteiger partial charge in [-0.25, -0.2) is 9.13 Å². The maximum absolute atomic E-state index is 12.4. The summed E-state index contributed by atoms with van der Waals surface area (Å²) in [4.78, 5) is 20.1. The standard InChI is InChI=1S/C16H28B2O16P2/c1-5-9(20)14(34-35(24,25)28-3-7-10(21)11(22)15(17)32-7)8(30-5)4-29-36(26,27)33-13-6(2-19)31-16(18)12(13)23/h5-16,19-23H,2-4H2,1H3,(H,24,25)(H,26,27)/t5-,6+,7+,8+,9?,10?,11?,12?,13?,14?,15+,16+/m0/s1. The predicted octanol–water partition coefficient (Wildman–Crippen LogP) is -4.00. The molecule has 4 radical (unpaired) electrons. The Kier molecular flexibility index (Phi) is 10.2. The molecule has 3 rings (SSSR count). The van der Waals surface area contributed by atoms with Crippen molar-refractivity contribution in [3.63, 3.8) is 0 Å². The summed E-state index contributed by atoms with van der Waals surface area (Å²) in [6, 6.07) is -2.52. The van der Waals surface area contributed by atoms with Crippen molar-refractivity contribution in [2.45, 2.75) is 80.0 Å². The Morgan fingerprint density at radius 1 is 0.722 bits per heavy atom. The largest absolute Gasteiger partial charge is 0.472 e. The minimum absolute atomic E-state index is 0.680. The topological polar surface area (TPSA) is 240 Å². The SMILES string of the molecule is [B][C@@H]1O[C@H](COP(=O)(O)OC2C(O)[C@H](C)O[C@@H]2COP(=O)(O)OC2C(O)[C@H]([B])O[C@@H]2CO)C(O)C1O. The van der Waals surface area contributed by atoms with Gasteiger partial charge in [-0.3, -0.25) is 18.1 Å². The summed E-state index contributed by atoms with van der Waals surface area (Å²) in [7, 11) is 1.02. The van der Waals surface area contributed by atoms with Gasteiger partial charge in [0.15, 0.2) is 0 Å². The molecule has 16 nitrogen and oxygen atoms in total. The fourth-order valence-corrected chi connectivity index (χ4v) is 5.78. The van der Waals surface area contributed by atoms with Crippen molar-refractivity contribution in [2.75, 3.05) is 19.8 Å². The number of aliphatic hydroxyl groups is 5. The number of ether oxygens (including phenoxy) is 3. The van der Waals surface area contributed by atoms with Gasteiger partial charge in [0.05, 0.1) is 32.0 Å². The number of hydrogen-bond acceptors (Lipinski definition) is 14. The normalized spacial score (nSPS) is 46.6. The molecule has 3 saturated heterocycles. The van der Waals surface area contributed by atoms with Crippen LogP contribution in [0.4, 0.5) is 0 Å². The summed E-state index contributed by atoms with van der Waals surface area (Å²) in [5.41, 5.74) is 0. The van der Waals surface area contributed by atoms with E-state index in [9.17, 15) is 44.4 Å². The molecule has 0 saturated carbocycles. The molecule has 7 N–H and O–H groups in total. The molecule has 14 atom stereocenters. The summed E-state index contributed by atoms with van der Waals surface area (Å²) in [5, 5.41) is 48.9. The molecular weight excluding hydrogens is 532 g/mol. The minimum Gasteiger partial charge on any atom is -0.394 e. The quantitative estimate of drug-likeness (QED) is 0.0941. The molecular formula is C16H28B2O16P2. The highest BCUT2D eigenvalue weighted by molar-refractivity contribution is 7.47. The number of aliphatic hydroxyl groups excluding tert-OH is 5. The lowest BCUT2D eigenvalue weighted by Gasteiger charge is -2.26. The molecule has 3 fully saturated rings. The average molecular weight is 560 g/mol. The van der Waals surface area contributed by atoms with Gasteiger partial charge in [-0.1, -0.05) is 0 Å². The molecule has 0 aromatic heterocycles. The van der Waals surface area contributed by atoms with Gasteiger partial charge in [-0.05, 0) is 6.92 Å². The third-order valence-electron chi connectivity index (χ3n) is 5.84. The molecule has 0 aliphatic carbocycles. The molecule has 8 unspecified atom stereocenters. The highest BCUT2D eigenvalue weighted by atomic mass is 31.2. The van der Waals surface area contributed by atoms with E-state index in [1.807, 2.05) is 0 Å². The van der Waals surface area contributed by atoms with Crippen LogP contribution in [0.25, 0.3) is 0 Å². The van der Waals surface area contributed by atoms with Gasteiger partial charge < -0.3 is 49.5 Å². The first kappa shape index (κ1) is 30.6. The van der Waals surface area contributed by atoms with Gasteiger partial charge in [-0.15, -0.1) is 0 Å². The Morgan fingerprint density at radius 3 is 1.69 bits per heavy atom. The van der Waals surface area contributed by atoms with E-state index in [1.165, 1.54) is 6.92 Å². The second-order valence-electron chi connectivity index (χ2n) is 8.47. The second kappa shape index (κ2) is 12.0. The number of phosphoric ester groups is 2. The monoisotopic (exact) mass is 560 g/mol. The number of rotatable bonds is 11. The van der Waals surface area contributed by atoms with Crippen LogP contribution in [0.5, 0.6) is 0 Å². The lowest BCUT2D eigenvalue weighted by molar-refractivity contribution is -0.0421. The van der Waals surface area contributed by atoms with E-state index in [-0.39, 0.29) is 0 Å².